The normalized spacial score (nSPS) is 14.2. The molecule has 1 saturated carbocycles. The number of ether oxygens (including phenoxy) is 1. The van der Waals surface area contributed by atoms with Gasteiger partial charge in [0.25, 0.3) is 0 Å². The highest BCUT2D eigenvalue weighted by molar-refractivity contribution is 7.13. The third kappa shape index (κ3) is 3.96. The summed E-state index contributed by atoms with van der Waals surface area (Å²) in [5.41, 5.74) is 2.56. The van der Waals surface area contributed by atoms with Crippen LogP contribution in [-0.2, 0) is 11.3 Å². The second-order valence-corrected chi connectivity index (χ2v) is 6.50. The van der Waals surface area contributed by atoms with Crippen LogP contribution in [0.4, 0.5) is 0 Å². The summed E-state index contributed by atoms with van der Waals surface area (Å²) in [5, 5.41) is 12.2. The van der Waals surface area contributed by atoms with Crippen LogP contribution < -0.4 is 0 Å². The highest BCUT2D eigenvalue weighted by Gasteiger charge is 2.28. The maximum atomic E-state index is 11.5. The van der Waals surface area contributed by atoms with E-state index in [1.807, 2.05) is 12.1 Å². The zero-order valence-corrected chi connectivity index (χ0v) is 13.9. The number of esters is 1. The molecule has 0 aliphatic heterocycles. The summed E-state index contributed by atoms with van der Waals surface area (Å²) in [6, 6.07) is 7.89. The molecule has 5 nitrogen and oxygen atoms in total. The number of hydrogen-bond acceptors (Lipinski definition) is 6. The Morgan fingerprint density at radius 2 is 2.13 bits per heavy atom. The van der Waals surface area contributed by atoms with Gasteiger partial charge in [-0.05, 0) is 25.0 Å². The van der Waals surface area contributed by atoms with Gasteiger partial charge < -0.3 is 9.84 Å². The second kappa shape index (κ2) is 7.21. The highest BCUT2D eigenvalue weighted by Crippen LogP contribution is 2.29. The molecule has 0 saturated heterocycles. The van der Waals surface area contributed by atoms with Gasteiger partial charge in [-0.15, -0.1) is 11.3 Å². The van der Waals surface area contributed by atoms with Crippen LogP contribution >= 0.6 is 11.3 Å². The van der Waals surface area contributed by atoms with Gasteiger partial charge in [-0.2, -0.15) is 0 Å². The van der Waals surface area contributed by atoms with Crippen LogP contribution in [0.1, 0.15) is 28.9 Å². The first-order valence-corrected chi connectivity index (χ1v) is 8.57. The van der Waals surface area contributed by atoms with Gasteiger partial charge in [0.05, 0.1) is 25.0 Å². The minimum absolute atomic E-state index is 0.183. The van der Waals surface area contributed by atoms with Crippen molar-refractivity contribution >= 4 is 17.3 Å². The molecule has 1 aromatic carbocycles. The average molecular weight is 332 g/mol. The number of thiazole rings is 1. The Labute approximate surface area is 139 Å². The molecule has 0 atom stereocenters. The predicted molar refractivity (Wildman–Crippen MR) is 89.4 cm³/mol. The Morgan fingerprint density at radius 3 is 2.74 bits per heavy atom. The number of aromatic nitrogens is 1. The number of carbonyl (C=O) groups excluding carboxylic acids is 1. The standard InChI is InChI=1S/C17H20N2O3S/c1-22-17(21)13-4-2-12(3-5-13)16-18-14(11-23-16)10-19(8-9-20)15-6-7-15/h2-5,11,15,20H,6-10H2,1H3. The van der Waals surface area contributed by atoms with E-state index in [-0.39, 0.29) is 12.6 Å². The lowest BCUT2D eigenvalue weighted by Crippen LogP contribution is -2.28. The van der Waals surface area contributed by atoms with Gasteiger partial charge in [0, 0.05) is 30.1 Å². The SMILES string of the molecule is COC(=O)c1ccc(-c2nc(CN(CCO)C3CC3)cs2)cc1. The fourth-order valence-corrected chi connectivity index (χ4v) is 3.36. The van der Waals surface area contributed by atoms with Gasteiger partial charge in [0.2, 0.25) is 0 Å². The van der Waals surface area contributed by atoms with Gasteiger partial charge in [0.1, 0.15) is 5.01 Å². The quantitative estimate of drug-likeness (QED) is 0.790. The first kappa shape index (κ1) is 16.1. The van der Waals surface area contributed by atoms with Crippen LogP contribution in [-0.4, -0.2) is 47.3 Å². The molecule has 23 heavy (non-hydrogen) atoms. The first-order valence-electron chi connectivity index (χ1n) is 7.69. The molecule has 1 heterocycles. The molecule has 122 valence electrons. The summed E-state index contributed by atoms with van der Waals surface area (Å²) in [4.78, 5) is 18.4. The van der Waals surface area contributed by atoms with Gasteiger partial charge in [-0.1, -0.05) is 12.1 Å². The number of nitrogens with zero attached hydrogens (tertiary/aromatic N) is 2. The number of methoxy groups -OCH3 is 1. The number of hydrogen-bond donors (Lipinski definition) is 1. The Balaban J connectivity index is 1.69. The van der Waals surface area contributed by atoms with E-state index in [0.717, 1.165) is 22.8 Å². The lowest BCUT2D eigenvalue weighted by molar-refractivity contribution is 0.0601. The molecule has 1 fully saturated rings. The third-order valence-corrected chi connectivity index (χ3v) is 4.86. The predicted octanol–water partition coefficient (Wildman–Crippen LogP) is 2.55. The summed E-state index contributed by atoms with van der Waals surface area (Å²) < 4.78 is 4.70. The Bertz CT molecular complexity index is 665. The highest BCUT2D eigenvalue weighted by atomic mass is 32.1. The summed E-state index contributed by atoms with van der Waals surface area (Å²) in [7, 11) is 1.38. The zero-order valence-electron chi connectivity index (χ0n) is 13.1. The van der Waals surface area contributed by atoms with Crippen molar-refractivity contribution in [2.24, 2.45) is 0 Å². The molecule has 1 aliphatic carbocycles. The van der Waals surface area contributed by atoms with E-state index < -0.39 is 0 Å². The summed E-state index contributed by atoms with van der Waals surface area (Å²) >= 11 is 1.60. The van der Waals surface area contributed by atoms with Crippen LogP contribution in [0, 0.1) is 0 Å². The fourth-order valence-electron chi connectivity index (χ4n) is 2.55. The van der Waals surface area contributed by atoms with Crippen molar-refractivity contribution in [2.45, 2.75) is 25.4 Å². The van der Waals surface area contributed by atoms with E-state index >= 15 is 0 Å². The van der Waals surface area contributed by atoms with Crippen molar-refractivity contribution in [3.8, 4) is 10.6 Å². The van der Waals surface area contributed by atoms with E-state index in [2.05, 4.69) is 15.3 Å². The van der Waals surface area contributed by atoms with Crippen molar-refractivity contribution in [3.63, 3.8) is 0 Å². The van der Waals surface area contributed by atoms with Crippen LogP contribution in [0.15, 0.2) is 29.6 Å². The Kier molecular flexibility index (Phi) is 5.05. The molecule has 0 amide bonds. The molecular formula is C17H20N2O3S. The lowest BCUT2D eigenvalue weighted by atomic mass is 10.1. The number of rotatable bonds is 7. The minimum Gasteiger partial charge on any atom is -0.465 e. The van der Waals surface area contributed by atoms with E-state index in [1.54, 1.807) is 23.5 Å². The number of benzene rings is 1. The van der Waals surface area contributed by atoms with Crippen LogP contribution in [0.2, 0.25) is 0 Å². The smallest absolute Gasteiger partial charge is 0.337 e. The van der Waals surface area contributed by atoms with Crippen molar-refractivity contribution < 1.29 is 14.6 Å². The molecule has 2 aromatic rings. The Hall–Kier alpha value is -1.76. The maximum absolute atomic E-state index is 11.5. The molecule has 3 rings (SSSR count). The summed E-state index contributed by atoms with van der Waals surface area (Å²) in [6.45, 7) is 1.66. The minimum atomic E-state index is -0.333. The molecule has 0 radical (unpaired) electrons. The van der Waals surface area contributed by atoms with Crippen molar-refractivity contribution in [2.75, 3.05) is 20.3 Å². The molecule has 1 N–H and O–H groups in total. The van der Waals surface area contributed by atoms with Crippen LogP contribution in [0.25, 0.3) is 10.6 Å². The second-order valence-electron chi connectivity index (χ2n) is 5.64. The monoisotopic (exact) mass is 332 g/mol. The molecule has 0 bridgehead atoms. The molecule has 6 heteroatoms. The summed E-state index contributed by atoms with van der Waals surface area (Å²) in [6.07, 6.45) is 2.43. The average Bonchev–Trinajstić information content (AvgIpc) is 3.33. The van der Waals surface area contributed by atoms with Crippen molar-refractivity contribution in [1.29, 1.82) is 0 Å². The maximum Gasteiger partial charge on any atom is 0.337 e. The molecule has 1 aromatic heterocycles. The third-order valence-electron chi connectivity index (χ3n) is 3.92. The van der Waals surface area contributed by atoms with E-state index in [0.29, 0.717) is 18.2 Å². The van der Waals surface area contributed by atoms with Gasteiger partial charge in [0.15, 0.2) is 0 Å². The summed E-state index contributed by atoms with van der Waals surface area (Å²) in [5.74, 6) is -0.333. The molecule has 1 aliphatic rings. The first-order chi connectivity index (χ1) is 11.2. The largest absolute Gasteiger partial charge is 0.465 e. The zero-order chi connectivity index (χ0) is 16.2. The van der Waals surface area contributed by atoms with Crippen LogP contribution in [0.5, 0.6) is 0 Å². The van der Waals surface area contributed by atoms with Gasteiger partial charge in [-0.3, -0.25) is 4.90 Å². The van der Waals surface area contributed by atoms with Crippen molar-refractivity contribution in [1.82, 2.24) is 9.88 Å². The van der Waals surface area contributed by atoms with E-state index in [4.69, 9.17) is 9.84 Å². The van der Waals surface area contributed by atoms with Crippen LogP contribution in [0.3, 0.4) is 0 Å². The van der Waals surface area contributed by atoms with E-state index in [1.165, 1.54) is 20.0 Å². The van der Waals surface area contributed by atoms with E-state index in [9.17, 15) is 4.79 Å². The number of carbonyl (C=O) groups is 1. The topological polar surface area (TPSA) is 62.7 Å². The van der Waals surface area contributed by atoms with Crippen molar-refractivity contribution in [3.05, 3.63) is 40.9 Å². The fraction of sp³-hybridized carbons (Fsp3) is 0.412. The number of aliphatic hydroxyl groups excluding tert-OH is 1. The van der Waals surface area contributed by atoms with Gasteiger partial charge >= 0.3 is 5.97 Å². The molecule has 0 unspecified atom stereocenters. The molecular weight excluding hydrogens is 312 g/mol. The molecule has 0 spiro atoms. The van der Waals surface area contributed by atoms with Gasteiger partial charge in [-0.25, -0.2) is 9.78 Å². The number of aliphatic hydroxyl groups is 1. The lowest BCUT2D eigenvalue weighted by Gasteiger charge is -2.19. The Morgan fingerprint density at radius 1 is 1.39 bits per heavy atom.